The van der Waals surface area contributed by atoms with Crippen LogP contribution in [0.4, 0.5) is 15.8 Å². The van der Waals surface area contributed by atoms with E-state index in [2.05, 4.69) is 37.6 Å². The normalized spacial score (nSPS) is 16.6. The van der Waals surface area contributed by atoms with Crippen molar-refractivity contribution in [2.75, 3.05) is 29.9 Å². The number of rotatable bonds is 4. The van der Waals surface area contributed by atoms with E-state index in [0.717, 1.165) is 37.1 Å². The molecule has 4 heterocycles. The number of aryl methyl sites for hydroxylation is 1. The van der Waals surface area contributed by atoms with E-state index in [4.69, 9.17) is 0 Å². The van der Waals surface area contributed by atoms with Crippen molar-refractivity contribution in [3.63, 3.8) is 0 Å². The van der Waals surface area contributed by atoms with E-state index >= 15 is 0 Å². The smallest absolute Gasteiger partial charge is 0.257 e. The number of carbonyl (C=O) groups is 1. The maximum atomic E-state index is 14.4. The third kappa shape index (κ3) is 3.64. The van der Waals surface area contributed by atoms with E-state index < -0.39 is 5.82 Å². The van der Waals surface area contributed by atoms with Crippen LogP contribution in [-0.2, 0) is 0 Å². The molecule has 8 nitrogen and oxygen atoms in total. The molecule has 0 bridgehead atoms. The molecule has 1 amide bonds. The fourth-order valence-electron chi connectivity index (χ4n) is 4.29. The van der Waals surface area contributed by atoms with Crippen LogP contribution in [0.15, 0.2) is 42.9 Å². The van der Waals surface area contributed by atoms with E-state index in [9.17, 15) is 9.18 Å². The summed E-state index contributed by atoms with van der Waals surface area (Å²) >= 11 is 0. The molecule has 164 valence electrons. The maximum Gasteiger partial charge on any atom is 0.257 e. The first-order valence-electron chi connectivity index (χ1n) is 10.7. The van der Waals surface area contributed by atoms with E-state index in [1.165, 1.54) is 6.07 Å². The van der Waals surface area contributed by atoms with Gasteiger partial charge < -0.3 is 19.9 Å². The van der Waals surface area contributed by atoms with Crippen molar-refractivity contribution in [1.82, 2.24) is 24.9 Å². The molecule has 1 fully saturated rings. The van der Waals surface area contributed by atoms with Gasteiger partial charge in [0.05, 0.1) is 23.1 Å². The zero-order valence-electron chi connectivity index (χ0n) is 18.0. The number of fused-ring (bicyclic) bond motifs is 2. The molecule has 2 N–H and O–H groups in total. The molecule has 32 heavy (non-hydrogen) atoms. The van der Waals surface area contributed by atoms with Gasteiger partial charge in [0, 0.05) is 55.2 Å². The van der Waals surface area contributed by atoms with Crippen LogP contribution < -0.4 is 15.5 Å². The molecule has 5 rings (SSSR count). The minimum Gasteiger partial charge on any atom is -0.368 e. The molecular weight excluding hydrogens is 409 g/mol. The van der Waals surface area contributed by atoms with Gasteiger partial charge in [-0.1, -0.05) is 6.92 Å². The van der Waals surface area contributed by atoms with Crippen LogP contribution in [0, 0.1) is 12.7 Å². The Morgan fingerprint density at radius 2 is 2.19 bits per heavy atom. The molecule has 3 aromatic heterocycles. The number of nitrogens with one attached hydrogen (secondary N) is 2. The molecule has 0 spiro atoms. The van der Waals surface area contributed by atoms with Crippen LogP contribution in [0.3, 0.4) is 0 Å². The number of anilines is 2. The van der Waals surface area contributed by atoms with Crippen molar-refractivity contribution < 1.29 is 9.18 Å². The molecule has 1 atom stereocenters. The summed E-state index contributed by atoms with van der Waals surface area (Å²) in [5.74, 6) is -0.871. The maximum absolute atomic E-state index is 14.4. The number of hydrogen-bond acceptors (Lipinski definition) is 6. The quantitative estimate of drug-likeness (QED) is 0.514. The summed E-state index contributed by atoms with van der Waals surface area (Å²) in [7, 11) is 0. The summed E-state index contributed by atoms with van der Waals surface area (Å²) in [5, 5.41) is 15.5. The second-order valence-electron chi connectivity index (χ2n) is 8.08. The third-order valence-corrected chi connectivity index (χ3v) is 5.88. The summed E-state index contributed by atoms with van der Waals surface area (Å²) < 4.78 is 16.0. The lowest BCUT2D eigenvalue weighted by atomic mass is 10.0. The third-order valence-electron chi connectivity index (χ3n) is 5.88. The van der Waals surface area contributed by atoms with Crippen molar-refractivity contribution in [1.29, 1.82) is 0 Å². The molecule has 0 aliphatic carbocycles. The summed E-state index contributed by atoms with van der Waals surface area (Å²) in [6.45, 7) is 6.64. The van der Waals surface area contributed by atoms with E-state index in [1.807, 2.05) is 12.1 Å². The molecule has 1 aromatic carbocycles. The Kier molecular flexibility index (Phi) is 5.18. The van der Waals surface area contributed by atoms with Crippen LogP contribution in [0.1, 0.15) is 29.4 Å². The molecule has 1 aliphatic heterocycles. The highest BCUT2D eigenvalue weighted by Crippen LogP contribution is 2.29. The van der Waals surface area contributed by atoms with Gasteiger partial charge in [0.1, 0.15) is 5.52 Å². The lowest BCUT2D eigenvalue weighted by molar-refractivity contribution is 0.102. The lowest BCUT2D eigenvalue weighted by Gasteiger charge is -2.35. The van der Waals surface area contributed by atoms with Crippen LogP contribution in [0.2, 0.25) is 0 Å². The van der Waals surface area contributed by atoms with Crippen molar-refractivity contribution in [3.05, 3.63) is 59.9 Å². The predicted octanol–water partition coefficient (Wildman–Crippen LogP) is 3.17. The second kappa shape index (κ2) is 8.16. The van der Waals surface area contributed by atoms with Gasteiger partial charge in [-0.3, -0.25) is 4.79 Å². The van der Waals surface area contributed by atoms with Gasteiger partial charge in [-0.15, -0.1) is 5.10 Å². The number of halogens is 1. The summed E-state index contributed by atoms with van der Waals surface area (Å²) in [6.07, 6.45) is 6.04. The van der Waals surface area contributed by atoms with E-state index in [-0.39, 0.29) is 11.6 Å². The van der Waals surface area contributed by atoms with Gasteiger partial charge >= 0.3 is 0 Å². The molecule has 9 heteroatoms. The number of imidazole rings is 1. The van der Waals surface area contributed by atoms with Crippen molar-refractivity contribution in [2.24, 2.45) is 0 Å². The molecule has 0 saturated carbocycles. The Morgan fingerprint density at radius 3 is 3.03 bits per heavy atom. The standard InChI is InChI=1S/C23H24FN7O/c1-3-15-12-30(9-8-25-15)20-5-4-18(21-17(20)6-7-26-29-21)23(32)28-16-10-19(24)22-27-14(2)11-31(22)13-16/h4-7,10-11,13,15,25H,3,8-9,12H2,1-2H3,(H,28,32). The number of piperazine rings is 1. The van der Waals surface area contributed by atoms with Gasteiger partial charge in [-0.2, -0.15) is 5.10 Å². The molecule has 1 aliphatic rings. The monoisotopic (exact) mass is 433 g/mol. The number of aromatic nitrogens is 4. The molecule has 1 unspecified atom stereocenters. The number of pyridine rings is 1. The first-order valence-corrected chi connectivity index (χ1v) is 10.7. The van der Waals surface area contributed by atoms with E-state index in [0.29, 0.717) is 28.5 Å². The predicted molar refractivity (Wildman–Crippen MR) is 122 cm³/mol. The van der Waals surface area contributed by atoms with Gasteiger partial charge in [-0.05, 0) is 31.5 Å². The topological polar surface area (TPSA) is 87.5 Å². The molecule has 0 radical (unpaired) electrons. The summed E-state index contributed by atoms with van der Waals surface area (Å²) in [4.78, 5) is 19.6. The first-order chi connectivity index (χ1) is 15.5. The fourth-order valence-corrected chi connectivity index (χ4v) is 4.29. The van der Waals surface area contributed by atoms with Crippen LogP contribution >= 0.6 is 0 Å². The Bertz CT molecular complexity index is 1320. The summed E-state index contributed by atoms with van der Waals surface area (Å²) in [6, 6.07) is 7.31. The van der Waals surface area contributed by atoms with E-state index in [1.54, 1.807) is 36.0 Å². The van der Waals surface area contributed by atoms with Crippen molar-refractivity contribution in [2.45, 2.75) is 26.3 Å². The summed E-state index contributed by atoms with van der Waals surface area (Å²) in [5.41, 5.74) is 3.21. The minimum absolute atomic E-state index is 0.225. The Hall–Kier alpha value is -3.59. The van der Waals surface area contributed by atoms with Crippen molar-refractivity contribution in [3.8, 4) is 0 Å². The van der Waals surface area contributed by atoms with Crippen LogP contribution in [-0.4, -0.2) is 51.2 Å². The zero-order valence-corrected chi connectivity index (χ0v) is 18.0. The lowest BCUT2D eigenvalue weighted by Crippen LogP contribution is -2.50. The van der Waals surface area contributed by atoms with Crippen molar-refractivity contribution >= 4 is 33.8 Å². The molecule has 4 aromatic rings. The number of benzene rings is 1. The van der Waals surface area contributed by atoms with Gasteiger partial charge in [0.15, 0.2) is 11.5 Å². The highest BCUT2D eigenvalue weighted by molar-refractivity contribution is 6.13. The Balaban J connectivity index is 1.49. The Morgan fingerprint density at radius 1 is 1.31 bits per heavy atom. The number of amides is 1. The van der Waals surface area contributed by atoms with Gasteiger partial charge in [0.2, 0.25) is 0 Å². The highest BCUT2D eigenvalue weighted by Gasteiger charge is 2.22. The largest absolute Gasteiger partial charge is 0.368 e. The first kappa shape index (κ1) is 20.3. The van der Waals surface area contributed by atoms with Crippen LogP contribution in [0.25, 0.3) is 16.6 Å². The second-order valence-corrected chi connectivity index (χ2v) is 8.08. The number of nitrogens with zero attached hydrogens (tertiary/aromatic N) is 5. The molecule has 1 saturated heterocycles. The molecular formula is C23H24FN7O. The minimum atomic E-state index is -0.500. The average molecular weight is 433 g/mol. The SMILES string of the molecule is CCC1CN(c2ccc(C(=O)Nc3cc(F)c4nc(C)cn4c3)c3nnccc23)CCN1. The van der Waals surface area contributed by atoms with Gasteiger partial charge in [-0.25, -0.2) is 9.37 Å². The fraction of sp³-hybridized carbons (Fsp3) is 0.304. The average Bonchev–Trinajstić information content (AvgIpc) is 3.19. The van der Waals surface area contributed by atoms with Crippen LogP contribution in [0.5, 0.6) is 0 Å². The Labute approximate surface area is 184 Å². The van der Waals surface area contributed by atoms with Gasteiger partial charge in [0.25, 0.3) is 5.91 Å². The number of carbonyl (C=O) groups excluding carboxylic acids is 1. The highest BCUT2D eigenvalue weighted by atomic mass is 19.1. The zero-order chi connectivity index (χ0) is 22.2. The number of hydrogen-bond donors (Lipinski definition) is 2.